The van der Waals surface area contributed by atoms with Crippen molar-refractivity contribution < 1.29 is 9.53 Å². The lowest BCUT2D eigenvalue weighted by atomic mass is 9.51. The lowest BCUT2D eigenvalue weighted by molar-refractivity contribution is -0.134. The molecule has 0 radical (unpaired) electrons. The minimum Gasteiger partial charge on any atom is -0.372 e. The van der Waals surface area contributed by atoms with Gasteiger partial charge in [-0.05, 0) is 80.5 Å². The Morgan fingerprint density at radius 3 is 2.81 bits per heavy atom. The average molecular weight is 355 g/mol. The molecule has 4 nitrogen and oxygen atoms in total. The first-order chi connectivity index (χ1) is 12.5. The van der Waals surface area contributed by atoms with E-state index in [9.17, 15) is 9.70 Å². The number of ether oxygens (including phenoxy) is 1. The van der Waals surface area contributed by atoms with Crippen LogP contribution >= 0.6 is 0 Å². The van der Waals surface area contributed by atoms with Gasteiger partial charge < -0.3 is 4.74 Å². The van der Waals surface area contributed by atoms with Crippen LogP contribution in [0.3, 0.4) is 0 Å². The van der Waals surface area contributed by atoms with E-state index in [2.05, 4.69) is 30.2 Å². The van der Waals surface area contributed by atoms with Crippen molar-refractivity contribution in [3.63, 3.8) is 0 Å². The van der Waals surface area contributed by atoms with Gasteiger partial charge in [0.1, 0.15) is 12.1 Å². The summed E-state index contributed by atoms with van der Waals surface area (Å²) >= 11 is 0. The molecule has 4 aliphatic rings. The Bertz CT molecular complexity index is 687. The fourth-order valence-electron chi connectivity index (χ4n) is 6.81. The highest BCUT2D eigenvalue weighted by Crippen LogP contribution is 2.63. The largest absolute Gasteiger partial charge is 0.372 e. The fourth-order valence-corrected chi connectivity index (χ4v) is 6.81. The lowest BCUT2D eigenvalue weighted by Gasteiger charge is -2.53. The summed E-state index contributed by atoms with van der Waals surface area (Å²) in [4.78, 5) is 21.9. The second-order valence-corrected chi connectivity index (χ2v) is 9.09. The number of esters is 1. The van der Waals surface area contributed by atoms with E-state index in [-0.39, 0.29) is 17.4 Å². The molecular weight excluding hydrogens is 326 g/mol. The number of nitroso groups, excluding NO2 is 1. The lowest BCUT2D eigenvalue weighted by Crippen LogP contribution is -2.46. The van der Waals surface area contributed by atoms with E-state index in [1.165, 1.54) is 38.2 Å². The number of hydrogen-bond acceptors (Lipinski definition) is 4. The van der Waals surface area contributed by atoms with Crippen LogP contribution in [0.15, 0.2) is 16.8 Å². The predicted octanol–water partition coefficient (Wildman–Crippen LogP) is 4.83. The molecule has 140 valence electrons. The summed E-state index contributed by atoms with van der Waals surface area (Å²) in [5.74, 6) is 6.28. The number of allylic oxidation sites excluding steroid dienone is 1. The SMILES string of the molecule is CC(=O)OC#C[C@@H]1CC[C@H]2[C@@H]3CCC4=CC(N=O)CC[C@@H]4[C@H]3CC[C@]12C. The second-order valence-electron chi connectivity index (χ2n) is 9.09. The van der Waals surface area contributed by atoms with Crippen LogP contribution in [0.1, 0.15) is 65.2 Å². The van der Waals surface area contributed by atoms with Crippen LogP contribution in [0.2, 0.25) is 0 Å². The first-order valence-electron chi connectivity index (χ1n) is 10.2. The molecule has 0 aliphatic heterocycles. The van der Waals surface area contributed by atoms with Gasteiger partial charge in [-0.3, -0.25) is 4.79 Å². The fraction of sp³-hybridized carbons (Fsp3) is 0.773. The molecule has 0 aromatic heterocycles. The normalized spacial score (nSPS) is 43.7. The average Bonchev–Trinajstić information content (AvgIpc) is 2.97. The van der Waals surface area contributed by atoms with E-state index in [4.69, 9.17) is 4.74 Å². The van der Waals surface area contributed by atoms with Gasteiger partial charge in [0.2, 0.25) is 0 Å². The third-order valence-corrected chi connectivity index (χ3v) is 8.00. The molecule has 4 aliphatic carbocycles. The zero-order valence-electron chi connectivity index (χ0n) is 15.9. The molecule has 4 rings (SSSR count). The Hall–Kier alpha value is -1.63. The summed E-state index contributed by atoms with van der Waals surface area (Å²) in [5, 5.41) is 3.28. The van der Waals surface area contributed by atoms with E-state index in [1.54, 1.807) is 0 Å². The van der Waals surface area contributed by atoms with Crippen molar-refractivity contribution in [2.24, 2.45) is 40.2 Å². The van der Waals surface area contributed by atoms with Crippen molar-refractivity contribution >= 4 is 5.97 Å². The topological polar surface area (TPSA) is 55.7 Å². The minimum absolute atomic E-state index is 0.0842. The number of carbonyl (C=O) groups excluding carboxylic acids is 1. The number of fused-ring (bicyclic) bond motifs is 5. The molecule has 0 N–H and O–H groups in total. The molecule has 0 heterocycles. The summed E-state index contributed by atoms with van der Waals surface area (Å²) < 4.78 is 4.88. The van der Waals surface area contributed by atoms with Crippen molar-refractivity contribution in [1.82, 2.24) is 0 Å². The van der Waals surface area contributed by atoms with Crippen molar-refractivity contribution in [3.05, 3.63) is 16.6 Å². The second kappa shape index (κ2) is 6.83. The summed E-state index contributed by atoms with van der Waals surface area (Å²) in [5.41, 5.74) is 1.78. The summed E-state index contributed by atoms with van der Waals surface area (Å²) in [6, 6.07) is -0.0842. The third-order valence-electron chi connectivity index (χ3n) is 8.00. The van der Waals surface area contributed by atoms with Crippen LogP contribution in [0, 0.1) is 51.9 Å². The standard InChI is InChI=1S/C22H29NO3/c1-14(24)26-12-10-16-4-8-21-20-6-3-15-13-17(23-25)5-7-18(15)19(20)9-11-22(16,21)2/h13,16-21H,3-9,11H2,1-2H3/t16-,17?,18-,19+,20+,21-,22+/m0/s1. The Morgan fingerprint density at radius 2 is 2.04 bits per heavy atom. The maximum Gasteiger partial charge on any atom is 0.316 e. The maximum absolute atomic E-state index is 11.0. The third kappa shape index (κ3) is 2.90. The van der Waals surface area contributed by atoms with Crippen molar-refractivity contribution in [1.29, 1.82) is 0 Å². The van der Waals surface area contributed by atoms with Crippen LogP contribution in [0.4, 0.5) is 0 Å². The first-order valence-corrected chi connectivity index (χ1v) is 10.2. The van der Waals surface area contributed by atoms with E-state index in [0.717, 1.165) is 43.4 Å². The van der Waals surface area contributed by atoms with Gasteiger partial charge in [-0.2, -0.15) is 4.91 Å². The van der Waals surface area contributed by atoms with Crippen LogP contribution in [-0.4, -0.2) is 12.0 Å². The molecule has 4 heteroatoms. The maximum atomic E-state index is 11.0. The van der Waals surface area contributed by atoms with E-state index >= 15 is 0 Å². The van der Waals surface area contributed by atoms with E-state index < -0.39 is 0 Å². The monoisotopic (exact) mass is 355 g/mol. The Morgan fingerprint density at radius 1 is 1.19 bits per heavy atom. The molecule has 3 fully saturated rings. The molecule has 0 saturated heterocycles. The highest BCUT2D eigenvalue weighted by molar-refractivity contribution is 5.67. The van der Waals surface area contributed by atoms with Gasteiger partial charge in [-0.15, -0.1) is 0 Å². The summed E-state index contributed by atoms with van der Waals surface area (Å²) in [6.07, 6.45) is 14.2. The molecular formula is C22H29NO3. The quantitative estimate of drug-likeness (QED) is 0.293. The first kappa shape index (κ1) is 17.8. The van der Waals surface area contributed by atoms with Gasteiger partial charge in [-0.25, -0.2) is 0 Å². The highest BCUT2D eigenvalue weighted by atomic mass is 16.5. The molecule has 0 aromatic rings. The molecule has 0 amide bonds. The molecule has 0 spiro atoms. The zero-order valence-corrected chi connectivity index (χ0v) is 15.9. The van der Waals surface area contributed by atoms with Gasteiger partial charge in [0.05, 0.1) is 0 Å². The minimum atomic E-state index is -0.326. The molecule has 0 bridgehead atoms. The highest BCUT2D eigenvalue weighted by Gasteiger charge is 2.55. The predicted molar refractivity (Wildman–Crippen MR) is 99.7 cm³/mol. The molecule has 3 saturated carbocycles. The molecule has 26 heavy (non-hydrogen) atoms. The van der Waals surface area contributed by atoms with Crippen LogP contribution in [0.25, 0.3) is 0 Å². The smallest absolute Gasteiger partial charge is 0.316 e. The number of rotatable bonds is 1. The van der Waals surface area contributed by atoms with Gasteiger partial charge in [-0.1, -0.05) is 29.7 Å². The van der Waals surface area contributed by atoms with Crippen molar-refractivity contribution in [3.8, 4) is 12.0 Å². The van der Waals surface area contributed by atoms with Crippen LogP contribution in [0.5, 0.6) is 0 Å². The Balaban J connectivity index is 1.52. The number of nitrogens with zero attached hydrogens (tertiary/aromatic N) is 1. The molecule has 1 unspecified atom stereocenters. The van der Waals surface area contributed by atoms with Gasteiger partial charge >= 0.3 is 5.97 Å². The summed E-state index contributed by atoms with van der Waals surface area (Å²) in [7, 11) is 0. The van der Waals surface area contributed by atoms with Gasteiger partial charge in [0, 0.05) is 12.8 Å². The Kier molecular flexibility index (Phi) is 4.67. The molecule has 0 aromatic carbocycles. The van der Waals surface area contributed by atoms with Crippen LogP contribution in [-0.2, 0) is 9.53 Å². The van der Waals surface area contributed by atoms with Crippen molar-refractivity contribution in [2.45, 2.75) is 71.3 Å². The van der Waals surface area contributed by atoms with E-state index in [1.807, 2.05) is 0 Å². The van der Waals surface area contributed by atoms with Crippen molar-refractivity contribution in [2.75, 3.05) is 0 Å². The number of hydrogen-bond donors (Lipinski definition) is 0. The van der Waals surface area contributed by atoms with E-state index in [0.29, 0.717) is 11.8 Å². The number of carbonyl (C=O) groups is 1. The van der Waals surface area contributed by atoms with Gasteiger partial charge in [0.15, 0.2) is 0 Å². The van der Waals surface area contributed by atoms with Crippen LogP contribution < -0.4 is 0 Å². The summed E-state index contributed by atoms with van der Waals surface area (Å²) in [6.45, 7) is 3.83. The Labute approximate surface area is 156 Å². The van der Waals surface area contributed by atoms with Gasteiger partial charge in [0.25, 0.3) is 0 Å². The molecule has 7 atom stereocenters. The zero-order chi connectivity index (χ0) is 18.3.